The van der Waals surface area contributed by atoms with Crippen LogP contribution in [0.25, 0.3) is 0 Å². The van der Waals surface area contributed by atoms with Crippen LogP contribution in [-0.4, -0.2) is 13.9 Å². The molecule has 0 amide bonds. The Morgan fingerprint density at radius 1 is 1.36 bits per heavy atom. The molecule has 78 valence electrons. The lowest BCUT2D eigenvalue weighted by Crippen LogP contribution is -2.04. The molecular formula is C11H15FO2. The minimum absolute atomic E-state index is 0.100. The third-order valence-corrected chi connectivity index (χ3v) is 1.92. The van der Waals surface area contributed by atoms with E-state index in [4.69, 9.17) is 9.47 Å². The smallest absolute Gasteiger partial charge is 0.188 e. The summed E-state index contributed by atoms with van der Waals surface area (Å²) in [6, 6.07) is 4.82. The summed E-state index contributed by atoms with van der Waals surface area (Å²) in [7, 11) is 1.54. The zero-order chi connectivity index (χ0) is 10.6. The Bertz CT molecular complexity index is 297. The van der Waals surface area contributed by atoms with Crippen molar-refractivity contribution < 1.29 is 13.9 Å². The Balaban J connectivity index is 2.96. The highest BCUT2D eigenvalue weighted by atomic mass is 19.1. The lowest BCUT2D eigenvalue weighted by molar-refractivity contribution is 0.0500. The van der Waals surface area contributed by atoms with Crippen molar-refractivity contribution in [2.45, 2.75) is 19.8 Å². The van der Waals surface area contributed by atoms with Gasteiger partial charge in [-0.3, -0.25) is 0 Å². The molecule has 0 spiro atoms. The van der Waals surface area contributed by atoms with Crippen LogP contribution in [0, 0.1) is 5.82 Å². The monoisotopic (exact) mass is 198 g/mol. The van der Waals surface area contributed by atoms with E-state index >= 15 is 0 Å². The number of halogens is 1. The van der Waals surface area contributed by atoms with E-state index in [1.54, 1.807) is 12.1 Å². The van der Waals surface area contributed by atoms with E-state index in [1.165, 1.54) is 13.2 Å². The van der Waals surface area contributed by atoms with Crippen molar-refractivity contribution in [2.24, 2.45) is 0 Å². The molecule has 3 heteroatoms. The minimum atomic E-state index is -0.228. The largest absolute Gasteiger partial charge is 0.467 e. The maximum atomic E-state index is 13.4. The van der Waals surface area contributed by atoms with E-state index in [-0.39, 0.29) is 18.5 Å². The Hall–Kier alpha value is -1.09. The normalized spacial score (nSPS) is 10.6. The van der Waals surface area contributed by atoms with Gasteiger partial charge in [-0.1, -0.05) is 19.9 Å². The number of rotatable bonds is 4. The van der Waals surface area contributed by atoms with Gasteiger partial charge < -0.3 is 9.47 Å². The first-order valence-electron chi connectivity index (χ1n) is 4.57. The second-order valence-electron chi connectivity index (χ2n) is 3.36. The highest BCUT2D eigenvalue weighted by Gasteiger charge is 2.12. The summed E-state index contributed by atoms with van der Waals surface area (Å²) >= 11 is 0. The van der Waals surface area contributed by atoms with Gasteiger partial charge in [0.1, 0.15) is 11.6 Å². The van der Waals surface area contributed by atoms with Crippen molar-refractivity contribution in [2.75, 3.05) is 13.9 Å². The van der Waals surface area contributed by atoms with Crippen LogP contribution in [0.1, 0.15) is 25.3 Å². The Labute approximate surface area is 83.6 Å². The van der Waals surface area contributed by atoms with Gasteiger partial charge in [0.15, 0.2) is 6.79 Å². The summed E-state index contributed by atoms with van der Waals surface area (Å²) in [5.74, 6) is 0.429. The SMILES string of the molecule is COCOc1cccc(F)c1C(C)C. The van der Waals surface area contributed by atoms with E-state index in [0.717, 1.165) is 0 Å². The average Bonchev–Trinajstić information content (AvgIpc) is 2.14. The van der Waals surface area contributed by atoms with Crippen LogP contribution >= 0.6 is 0 Å². The molecule has 0 radical (unpaired) electrons. The van der Waals surface area contributed by atoms with Gasteiger partial charge in [-0.05, 0) is 18.1 Å². The predicted molar refractivity (Wildman–Crippen MR) is 53.0 cm³/mol. The van der Waals surface area contributed by atoms with Gasteiger partial charge in [-0.2, -0.15) is 0 Å². The molecule has 0 aromatic heterocycles. The van der Waals surface area contributed by atoms with Crippen molar-refractivity contribution >= 4 is 0 Å². The van der Waals surface area contributed by atoms with E-state index in [0.29, 0.717) is 11.3 Å². The first-order valence-corrected chi connectivity index (χ1v) is 4.57. The molecule has 14 heavy (non-hydrogen) atoms. The van der Waals surface area contributed by atoms with E-state index < -0.39 is 0 Å². The second kappa shape index (κ2) is 4.96. The lowest BCUT2D eigenvalue weighted by atomic mass is 10.0. The Kier molecular flexibility index (Phi) is 3.89. The summed E-state index contributed by atoms with van der Waals surface area (Å²) in [5, 5.41) is 0. The van der Waals surface area contributed by atoms with Crippen LogP contribution in [0.2, 0.25) is 0 Å². The summed E-state index contributed by atoms with van der Waals surface area (Å²) in [6.07, 6.45) is 0. The highest BCUT2D eigenvalue weighted by molar-refractivity contribution is 5.36. The Morgan fingerprint density at radius 2 is 2.07 bits per heavy atom. The first-order chi connectivity index (χ1) is 6.66. The molecule has 0 aliphatic rings. The fourth-order valence-electron chi connectivity index (χ4n) is 1.33. The van der Waals surface area contributed by atoms with Crippen molar-refractivity contribution in [1.29, 1.82) is 0 Å². The van der Waals surface area contributed by atoms with Gasteiger partial charge >= 0.3 is 0 Å². The minimum Gasteiger partial charge on any atom is -0.467 e. The van der Waals surface area contributed by atoms with Crippen molar-refractivity contribution in [3.05, 3.63) is 29.6 Å². The zero-order valence-electron chi connectivity index (χ0n) is 8.71. The third kappa shape index (κ3) is 2.45. The molecule has 0 aliphatic heterocycles. The number of hydrogen-bond acceptors (Lipinski definition) is 2. The summed E-state index contributed by atoms with van der Waals surface area (Å²) < 4.78 is 23.4. The molecule has 0 heterocycles. The topological polar surface area (TPSA) is 18.5 Å². The fraction of sp³-hybridized carbons (Fsp3) is 0.455. The number of hydrogen-bond donors (Lipinski definition) is 0. The third-order valence-electron chi connectivity index (χ3n) is 1.92. The van der Waals surface area contributed by atoms with Gasteiger partial charge in [-0.15, -0.1) is 0 Å². The molecule has 1 aromatic carbocycles. The van der Waals surface area contributed by atoms with Gasteiger partial charge in [0, 0.05) is 12.7 Å². The van der Waals surface area contributed by atoms with Gasteiger partial charge in [0.25, 0.3) is 0 Å². The van der Waals surface area contributed by atoms with E-state index in [9.17, 15) is 4.39 Å². The predicted octanol–water partition coefficient (Wildman–Crippen LogP) is 2.93. The molecule has 2 nitrogen and oxygen atoms in total. The molecule has 1 rings (SSSR count). The van der Waals surface area contributed by atoms with Crippen LogP contribution < -0.4 is 4.74 Å². The quantitative estimate of drug-likeness (QED) is 0.692. The van der Waals surface area contributed by atoms with Crippen LogP contribution in [-0.2, 0) is 4.74 Å². The molecule has 0 N–H and O–H groups in total. The van der Waals surface area contributed by atoms with Crippen molar-refractivity contribution in [1.82, 2.24) is 0 Å². The second-order valence-corrected chi connectivity index (χ2v) is 3.36. The summed E-state index contributed by atoms with van der Waals surface area (Å²) in [4.78, 5) is 0. The van der Waals surface area contributed by atoms with Crippen LogP contribution in [0.3, 0.4) is 0 Å². The van der Waals surface area contributed by atoms with Crippen LogP contribution in [0.4, 0.5) is 4.39 Å². The van der Waals surface area contributed by atoms with Crippen molar-refractivity contribution in [3.8, 4) is 5.75 Å². The zero-order valence-corrected chi connectivity index (χ0v) is 8.71. The van der Waals surface area contributed by atoms with E-state index in [2.05, 4.69) is 0 Å². The number of ether oxygens (including phenoxy) is 2. The van der Waals surface area contributed by atoms with Gasteiger partial charge in [-0.25, -0.2) is 4.39 Å². The van der Waals surface area contributed by atoms with E-state index in [1.807, 2.05) is 13.8 Å². The molecule has 1 aromatic rings. The van der Waals surface area contributed by atoms with Gasteiger partial charge in [0.2, 0.25) is 0 Å². The fourth-order valence-corrected chi connectivity index (χ4v) is 1.33. The highest BCUT2D eigenvalue weighted by Crippen LogP contribution is 2.28. The molecule has 0 aliphatic carbocycles. The molecular weight excluding hydrogens is 183 g/mol. The van der Waals surface area contributed by atoms with Crippen molar-refractivity contribution in [3.63, 3.8) is 0 Å². The molecule has 0 bridgehead atoms. The first kappa shape index (κ1) is 11.0. The molecule has 0 saturated carbocycles. The standard InChI is InChI=1S/C11H15FO2/c1-8(2)11-9(12)5-4-6-10(11)14-7-13-3/h4-6,8H,7H2,1-3H3. The van der Waals surface area contributed by atoms with Gasteiger partial charge in [0.05, 0.1) is 0 Å². The molecule has 0 unspecified atom stereocenters. The average molecular weight is 198 g/mol. The maximum absolute atomic E-state index is 13.4. The lowest BCUT2D eigenvalue weighted by Gasteiger charge is -2.13. The molecule has 0 saturated heterocycles. The Morgan fingerprint density at radius 3 is 2.64 bits per heavy atom. The van der Waals surface area contributed by atoms with Crippen LogP contribution in [0.15, 0.2) is 18.2 Å². The summed E-state index contributed by atoms with van der Waals surface area (Å²) in [6.45, 7) is 4.00. The number of methoxy groups -OCH3 is 1. The summed E-state index contributed by atoms with van der Waals surface area (Å²) in [5.41, 5.74) is 0.601. The maximum Gasteiger partial charge on any atom is 0.188 e. The molecule has 0 atom stereocenters. The number of benzene rings is 1. The molecule has 0 fully saturated rings. The van der Waals surface area contributed by atoms with Crippen LogP contribution in [0.5, 0.6) is 5.75 Å².